The second-order valence-corrected chi connectivity index (χ2v) is 8.49. The summed E-state index contributed by atoms with van der Waals surface area (Å²) < 4.78 is 2.10. The molecule has 0 unspecified atom stereocenters. The average molecular weight is 441 g/mol. The van der Waals surface area contributed by atoms with Gasteiger partial charge in [0.05, 0.1) is 17.4 Å². The normalized spacial score (nSPS) is 14.1. The van der Waals surface area contributed by atoms with Crippen LogP contribution in [0.2, 0.25) is 0 Å². The number of carbonyl (C=O) groups excluding carboxylic acids is 1. The highest BCUT2D eigenvalue weighted by atomic mass is 16.4. The molecule has 3 N–H and O–H groups in total. The van der Waals surface area contributed by atoms with E-state index in [0.717, 1.165) is 33.3 Å². The Labute approximate surface area is 191 Å². The summed E-state index contributed by atoms with van der Waals surface area (Å²) in [7, 11) is 0. The first kappa shape index (κ1) is 20.8. The highest BCUT2D eigenvalue weighted by molar-refractivity contribution is 5.88. The maximum absolute atomic E-state index is 12.5. The highest BCUT2D eigenvalue weighted by Gasteiger charge is 2.45. The Balaban J connectivity index is 1.19. The topological polar surface area (TPSA) is 96.3 Å². The molecule has 1 heterocycles. The number of hydrogen-bond donors (Lipinski definition) is 3. The monoisotopic (exact) mass is 440 g/mol. The largest absolute Gasteiger partial charge is 0.479 e. The number of carboxylic acids is 1. The number of imidazole rings is 1. The van der Waals surface area contributed by atoms with Crippen LogP contribution in [0, 0.1) is 0 Å². The van der Waals surface area contributed by atoms with Crippen LogP contribution in [0.4, 0.5) is 4.79 Å². The van der Waals surface area contributed by atoms with Crippen LogP contribution < -0.4 is 10.6 Å². The summed E-state index contributed by atoms with van der Waals surface area (Å²) in [6, 6.07) is 23.1. The van der Waals surface area contributed by atoms with Crippen molar-refractivity contribution in [3.8, 4) is 0 Å². The lowest BCUT2D eigenvalue weighted by Gasteiger charge is -2.25. The number of amides is 2. The molecule has 0 aliphatic heterocycles. The number of carbonyl (C=O) groups is 2. The smallest absolute Gasteiger partial charge is 0.330 e. The van der Waals surface area contributed by atoms with Gasteiger partial charge in [0.25, 0.3) is 0 Å². The number of aromatic nitrogens is 2. The lowest BCUT2D eigenvalue weighted by atomic mass is 9.96. The highest BCUT2D eigenvalue weighted by Crippen LogP contribution is 2.30. The van der Waals surface area contributed by atoms with Gasteiger partial charge in [-0.3, -0.25) is 0 Å². The Morgan fingerprint density at radius 3 is 2.24 bits per heavy atom. The molecule has 0 saturated heterocycles. The molecular weight excluding hydrogens is 416 g/mol. The zero-order chi connectivity index (χ0) is 22.8. The molecule has 5 rings (SSSR count). The molecule has 1 aliphatic rings. The number of aliphatic carboxylic acids is 1. The van der Waals surface area contributed by atoms with Crippen LogP contribution in [0.1, 0.15) is 22.3 Å². The first-order valence-corrected chi connectivity index (χ1v) is 10.9. The number of carboxylic acid groups (broad SMARTS) is 1. The van der Waals surface area contributed by atoms with Crippen molar-refractivity contribution in [2.45, 2.75) is 31.5 Å². The Morgan fingerprint density at radius 2 is 1.55 bits per heavy atom. The molecule has 33 heavy (non-hydrogen) atoms. The predicted molar refractivity (Wildman–Crippen MR) is 125 cm³/mol. The molecule has 0 atom stereocenters. The molecule has 7 nitrogen and oxygen atoms in total. The summed E-state index contributed by atoms with van der Waals surface area (Å²) in [5, 5.41) is 15.3. The van der Waals surface area contributed by atoms with E-state index >= 15 is 0 Å². The molecule has 0 saturated carbocycles. The van der Waals surface area contributed by atoms with Gasteiger partial charge in [-0.25, -0.2) is 14.6 Å². The van der Waals surface area contributed by atoms with Gasteiger partial charge in [0.2, 0.25) is 0 Å². The van der Waals surface area contributed by atoms with Crippen molar-refractivity contribution in [3.63, 3.8) is 0 Å². The predicted octanol–water partition coefficient (Wildman–Crippen LogP) is 3.51. The van der Waals surface area contributed by atoms with Crippen molar-refractivity contribution in [2.24, 2.45) is 0 Å². The van der Waals surface area contributed by atoms with Crippen molar-refractivity contribution < 1.29 is 14.7 Å². The number of hydrogen-bond acceptors (Lipinski definition) is 3. The third-order valence-corrected chi connectivity index (χ3v) is 6.22. The molecule has 1 aliphatic carbocycles. The number of nitrogens with one attached hydrogen (secondary N) is 2. The SMILES string of the molecule is O=C(NCc1ccc(Cn2cnc3ccccc32)cc1)NC1(C(=O)O)Cc2ccccc2C1. The fraction of sp³-hybridized carbons (Fsp3) is 0.192. The number of urea groups is 1. The molecule has 3 aromatic carbocycles. The van der Waals surface area contributed by atoms with Gasteiger partial charge in [-0.1, -0.05) is 60.7 Å². The van der Waals surface area contributed by atoms with Crippen LogP contribution in [0.25, 0.3) is 11.0 Å². The van der Waals surface area contributed by atoms with Gasteiger partial charge in [0, 0.05) is 25.9 Å². The fourth-order valence-electron chi connectivity index (χ4n) is 4.45. The molecule has 0 fully saturated rings. The first-order chi connectivity index (χ1) is 16.0. The third kappa shape index (κ3) is 4.17. The summed E-state index contributed by atoms with van der Waals surface area (Å²) in [5.74, 6) is -1.02. The molecule has 0 spiro atoms. The molecule has 0 radical (unpaired) electrons. The fourth-order valence-corrected chi connectivity index (χ4v) is 4.45. The van der Waals surface area contributed by atoms with E-state index < -0.39 is 17.5 Å². The number of fused-ring (bicyclic) bond motifs is 2. The molecule has 2 amide bonds. The van der Waals surface area contributed by atoms with Gasteiger partial charge < -0.3 is 20.3 Å². The molecule has 1 aromatic heterocycles. The molecule has 4 aromatic rings. The quantitative estimate of drug-likeness (QED) is 0.428. The van der Waals surface area contributed by atoms with E-state index in [1.807, 2.05) is 79.1 Å². The van der Waals surface area contributed by atoms with Crippen molar-refractivity contribution in [3.05, 3.63) is 101 Å². The summed E-state index contributed by atoms with van der Waals surface area (Å²) in [5.41, 5.74) is 4.71. The molecule has 0 bridgehead atoms. The number of nitrogens with zero attached hydrogens (tertiary/aromatic N) is 2. The molecule has 7 heteroatoms. The van der Waals surface area contributed by atoms with Crippen LogP contribution in [-0.4, -0.2) is 32.2 Å². The number of para-hydroxylation sites is 2. The molecular formula is C26H24N4O3. The van der Waals surface area contributed by atoms with Crippen LogP contribution in [0.5, 0.6) is 0 Å². The van der Waals surface area contributed by atoms with E-state index in [1.165, 1.54) is 0 Å². The van der Waals surface area contributed by atoms with E-state index in [-0.39, 0.29) is 12.8 Å². The lowest BCUT2D eigenvalue weighted by Crippen LogP contribution is -2.57. The minimum Gasteiger partial charge on any atom is -0.479 e. The number of benzene rings is 3. The van der Waals surface area contributed by atoms with Gasteiger partial charge in [-0.05, 0) is 34.4 Å². The second kappa shape index (κ2) is 8.43. The summed E-state index contributed by atoms with van der Waals surface area (Å²) in [4.78, 5) is 29.0. The van der Waals surface area contributed by atoms with Crippen LogP contribution in [-0.2, 0) is 30.7 Å². The van der Waals surface area contributed by atoms with E-state index in [0.29, 0.717) is 13.1 Å². The summed E-state index contributed by atoms with van der Waals surface area (Å²) >= 11 is 0. The Hall–Kier alpha value is -4.13. The Kier molecular flexibility index (Phi) is 5.30. The van der Waals surface area contributed by atoms with Gasteiger partial charge in [-0.2, -0.15) is 0 Å². The minimum atomic E-state index is -1.31. The van der Waals surface area contributed by atoms with Crippen LogP contribution in [0.3, 0.4) is 0 Å². The van der Waals surface area contributed by atoms with Gasteiger partial charge in [-0.15, -0.1) is 0 Å². The first-order valence-electron chi connectivity index (χ1n) is 10.9. The molecule has 166 valence electrons. The van der Waals surface area contributed by atoms with Crippen LogP contribution in [0.15, 0.2) is 79.1 Å². The van der Waals surface area contributed by atoms with Gasteiger partial charge >= 0.3 is 12.0 Å². The Morgan fingerprint density at radius 1 is 0.909 bits per heavy atom. The average Bonchev–Trinajstić information content (AvgIpc) is 3.40. The maximum Gasteiger partial charge on any atom is 0.330 e. The zero-order valence-corrected chi connectivity index (χ0v) is 18.0. The third-order valence-electron chi connectivity index (χ3n) is 6.22. The summed E-state index contributed by atoms with van der Waals surface area (Å²) in [6.45, 7) is 1.01. The van der Waals surface area contributed by atoms with Gasteiger partial charge in [0.15, 0.2) is 0 Å². The second-order valence-electron chi connectivity index (χ2n) is 8.49. The maximum atomic E-state index is 12.5. The Bertz CT molecular complexity index is 1300. The van der Waals surface area contributed by atoms with Crippen molar-refractivity contribution >= 4 is 23.0 Å². The van der Waals surface area contributed by atoms with E-state index in [9.17, 15) is 14.7 Å². The van der Waals surface area contributed by atoms with E-state index in [4.69, 9.17) is 0 Å². The number of rotatable bonds is 6. The van der Waals surface area contributed by atoms with Gasteiger partial charge in [0.1, 0.15) is 5.54 Å². The standard InChI is InChI=1S/C26H24N4O3/c31-24(32)26(13-20-5-1-2-6-21(20)14-26)29-25(33)27-15-18-9-11-19(12-10-18)16-30-17-28-22-7-3-4-8-23(22)30/h1-12,17H,13-16H2,(H,31,32)(H2,27,29,33). The zero-order valence-electron chi connectivity index (χ0n) is 18.0. The summed E-state index contributed by atoms with van der Waals surface area (Å²) in [6.07, 6.45) is 2.40. The lowest BCUT2D eigenvalue weighted by molar-refractivity contribution is -0.144. The van der Waals surface area contributed by atoms with Crippen molar-refractivity contribution in [2.75, 3.05) is 0 Å². The van der Waals surface area contributed by atoms with E-state index in [2.05, 4.69) is 20.2 Å². The van der Waals surface area contributed by atoms with Crippen molar-refractivity contribution in [1.29, 1.82) is 0 Å². The van der Waals surface area contributed by atoms with Crippen molar-refractivity contribution in [1.82, 2.24) is 20.2 Å². The van der Waals surface area contributed by atoms with E-state index in [1.54, 1.807) is 0 Å². The van der Waals surface area contributed by atoms with Crippen LogP contribution >= 0.6 is 0 Å². The minimum absolute atomic E-state index is 0.281.